The molecule has 3 nitrogen and oxygen atoms in total. The fourth-order valence-electron chi connectivity index (χ4n) is 3.52. The summed E-state index contributed by atoms with van der Waals surface area (Å²) in [4.78, 5) is 12.3. The van der Waals surface area contributed by atoms with E-state index < -0.39 is 0 Å². The van der Waals surface area contributed by atoms with E-state index in [0.717, 1.165) is 45.3 Å². The molecular formula is C14H22O3. The number of ketones is 1. The maximum atomic E-state index is 12.3. The molecule has 3 heteroatoms. The van der Waals surface area contributed by atoms with Gasteiger partial charge in [-0.25, -0.2) is 0 Å². The van der Waals surface area contributed by atoms with Crippen molar-refractivity contribution in [3.63, 3.8) is 0 Å². The lowest BCUT2D eigenvalue weighted by Gasteiger charge is -2.29. The van der Waals surface area contributed by atoms with E-state index in [-0.39, 0.29) is 0 Å². The molecule has 3 saturated heterocycles. The molecule has 0 aromatic carbocycles. The van der Waals surface area contributed by atoms with E-state index in [1.165, 1.54) is 12.8 Å². The number of hydrogen-bond acceptors (Lipinski definition) is 3. The van der Waals surface area contributed by atoms with Crippen molar-refractivity contribution < 1.29 is 14.3 Å². The Morgan fingerprint density at radius 1 is 1.00 bits per heavy atom. The van der Waals surface area contributed by atoms with Crippen molar-refractivity contribution in [3.8, 4) is 0 Å². The van der Waals surface area contributed by atoms with Gasteiger partial charge in [0.15, 0.2) is 0 Å². The van der Waals surface area contributed by atoms with Crippen molar-refractivity contribution in [2.75, 3.05) is 13.2 Å². The lowest BCUT2D eigenvalue weighted by atomic mass is 9.84. The second kappa shape index (κ2) is 5.07. The van der Waals surface area contributed by atoms with Crippen LogP contribution in [0, 0.1) is 11.8 Å². The van der Waals surface area contributed by atoms with Gasteiger partial charge in [-0.15, -0.1) is 0 Å². The molecule has 0 radical (unpaired) electrons. The topological polar surface area (TPSA) is 35.5 Å². The van der Waals surface area contributed by atoms with E-state index in [4.69, 9.17) is 9.47 Å². The molecule has 0 spiro atoms. The van der Waals surface area contributed by atoms with E-state index in [1.807, 2.05) is 0 Å². The third-order valence-corrected chi connectivity index (χ3v) is 4.58. The zero-order chi connectivity index (χ0) is 11.7. The molecular weight excluding hydrogens is 216 g/mol. The third kappa shape index (κ3) is 2.71. The van der Waals surface area contributed by atoms with Gasteiger partial charge in [0.1, 0.15) is 5.78 Å². The predicted molar refractivity (Wildman–Crippen MR) is 63.8 cm³/mol. The Morgan fingerprint density at radius 3 is 2.29 bits per heavy atom. The van der Waals surface area contributed by atoms with Gasteiger partial charge in [-0.1, -0.05) is 0 Å². The van der Waals surface area contributed by atoms with Crippen LogP contribution in [0.2, 0.25) is 0 Å². The summed E-state index contributed by atoms with van der Waals surface area (Å²) in [5.41, 5.74) is 0. The monoisotopic (exact) mass is 238 g/mol. The molecule has 96 valence electrons. The summed E-state index contributed by atoms with van der Waals surface area (Å²) in [6.45, 7) is 1.69. The van der Waals surface area contributed by atoms with Gasteiger partial charge in [-0.05, 0) is 44.4 Å². The minimum Gasteiger partial charge on any atom is -0.381 e. The quantitative estimate of drug-likeness (QED) is 0.757. The molecule has 3 aliphatic rings. The van der Waals surface area contributed by atoms with Crippen LogP contribution < -0.4 is 0 Å². The second-order valence-corrected chi connectivity index (χ2v) is 5.85. The molecule has 0 aromatic rings. The van der Waals surface area contributed by atoms with Gasteiger partial charge in [0.2, 0.25) is 0 Å². The fraction of sp³-hybridized carbons (Fsp3) is 0.929. The average Bonchev–Trinajstić information content (AvgIpc) is 2.69. The van der Waals surface area contributed by atoms with Crippen LogP contribution in [0.4, 0.5) is 0 Å². The summed E-state index contributed by atoms with van der Waals surface area (Å²) in [6.07, 6.45) is 8.01. The number of fused-ring (bicyclic) bond motifs is 2. The van der Waals surface area contributed by atoms with Crippen LogP contribution in [0.1, 0.15) is 44.9 Å². The van der Waals surface area contributed by atoms with Crippen molar-refractivity contribution in [1.82, 2.24) is 0 Å². The molecule has 0 aliphatic carbocycles. The predicted octanol–water partition coefficient (Wildman–Crippen LogP) is 2.33. The molecule has 2 bridgehead atoms. The van der Waals surface area contributed by atoms with Crippen LogP contribution in [0.5, 0.6) is 0 Å². The highest BCUT2D eigenvalue weighted by molar-refractivity contribution is 5.81. The zero-order valence-electron chi connectivity index (χ0n) is 10.4. The van der Waals surface area contributed by atoms with E-state index >= 15 is 0 Å². The minimum atomic E-state index is 0.295. The summed E-state index contributed by atoms with van der Waals surface area (Å²) in [7, 11) is 0. The SMILES string of the molecule is O=C(CC1CCOCC1)C1CC2CCC(C1)O2. The van der Waals surface area contributed by atoms with Gasteiger partial charge in [0, 0.05) is 25.6 Å². The maximum Gasteiger partial charge on any atom is 0.136 e. The van der Waals surface area contributed by atoms with Crippen molar-refractivity contribution in [1.29, 1.82) is 0 Å². The van der Waals surface area contributed by atoms with Gasteiger partial charge in [0.25, 0.3) is 0 Å². The van der Waals surface area contributed by atoms with Gasteiger partial charge < -0.3 is 9.47 Å². The standard InChI is InChI=1S/C14H22O3/c15-14(7-10-3-5-16-6-4-10)11-8-12-1-2-13(9-11)17-12/h10-13H,1-9H2. The Balaban J connectivity index is 1.51. The largest absolute Gasteiger partial charge is 0.381 e. The molecule has 2 atom stereocenters. The number of carbonyl (C=O) groups excluding carboxylic acids is 1. The van der Waals surface area contributed by atoms with Crippen molar-refractivity contribution in [2.24, 2.45) is 11.8 Å². The summed E-state index contributed by atoms with van der Waals surface area (Å²) < 4.78 is 11.1. The van der Waals surface area contributed by atoms with Crippen LogP contribution in [-0.2, 0) is 14.3 Å². The number of hydrogen-bond donors (Lipinski definition) is 0. The molecule has 3 heterocycles. The smallest absolute Gasteiger partial charge is 0.136 e. The first-order valence-corrected chi connectivity index (χ1v) is 7.07. The van der Waals surface area contributed by atoms with Gasteiger partial charge in [0.05, 0.1) is 12.2 Å². The van der Waals surface area contributed by atoms with Crippen LogP contribution in [-0.4, -0.2) is 31.2 Å². The normalized spacial score (nSPS) is 38.2. The van der Waals surface area contributed by atoms with E-state index in [9.17, 15) is 4.79 Å². The number of rotatable bonds is 3. The lowest BCUT2D eigenvalue weighted by molar-refractivity contribution is -0.130. The van der Waals surface area contributed by atoms with E-state index in [0.29, 0.717) is 29.8 Å². The number of ether oxygens (including phenoxy) is 2. The molecule has 0 aromatic heterocycles. The van der Waals surface area contributed by atoms with Crippen LogP contribution in [0.15, 0.2) is 0 Å². The van der Waals surface area contributed by atoms with Gasteiger partial charge in [-0.2, -0.15) is 0 Å². The highest BCUT2D eigenvalue weighted by Crippen LogP contribution is 2.37. The van der Waals surface area contributed by atoms with Crippen molar-refractivity contribution >= 4 is 5.78 Å². The highest BCUT2D eigenvalue weighted by Gasteiger charge is 2.38. The van der Waals surface area contributed by atoms with E-state index in [2.05, 4.69) is 0 Å². The van der Waals surface area contributed by atoms with Crippen LogP contribution >= 0.6 is 0 Å². The Labute approximate surface area is 103 Å². The summed E-state index contributed by atoms with van der Waals surface area (Å²) in [5.74, 6) is 1.37. The van der Waals surface area contributed by atoms with E-state index in [1.54, 1.807) is 0 Å². The molecule has 2 unspecified atom stereocenters. The molecule has 3 rings (SSSR count). The first-order chi connectivity index (χ1) is 8.31. The Hall–Kier alpha value is -0.410. The zero-order valence-corrected chi connectivity index (χ0v) is 10.4. The van der Waals surface area contributed by atoms with Crippen molar-refractivity contribution in [3.05, 3.63) is 0 Å². The second-order valence-electron chi connectivity index (χ2n) is 5.85. The van der Waals surface area contributed by atoms with Gasteiger partial charge in [-0.3, -0.25) is 4.79 Å². The van der Waals surface area contributed by atoms with Crippen LogP contribution in [0.3, 0.4) is 0 Å². The fourth-order valence-corrected chi connectivity index (χ4v) is 3.52. The summed E-state index contributed by atoms with van der Waals surface area (Å²) in [6, 6.07) is 0. The van der Waals surface area contributed by atoms with Crippen molar-refractivity contribution in [2.45, 2.75) is 57.2 Å². The minimum absolute atomic E-state index is 0.295. The van der Waals surface area contributed by atoms with Crippen LogP contribution in [0.25, 0.3) is 0 Å². The molecule has 3 fully saturated rings. The molecule has 0 N–H and O–H groups in total. The summed E-state index contributed by atoms with van der Waals surface area (Å²) >= 11 is 0. The number of Topliss-reactive ketones (excluding diaryl/α,β-unsaturated/α-hetero) is 1. The summed E-state index contributed by atoms with van der Waals surface area (Å²) in [5, 5.41) is 0. The first-order valence-electron chi connectivity index (χ1n) is 7.07. The Kier molecular flexibility index (Phi) is 3.48. The molecule has 0 amide bonds. The molecule has 0 saturated carbocycles. The number of carbonyl (C=O) groups is 1. The third-order valence-electron chi connectivity index (χ3n) is 4.58. The lowest BCUT2D eigenvalue weighted by Crippen LogP contribution is -2.31. The highest BCUT2D eigenvalue weighted by atomic mass is 16.5. The maximum absolute atomic E-state index is 12.3. The average molecular weight is 238 g/mol. The molecule has 3 aliphatic heterocycles. The van der Waals surface area contributed by atoms with Gasteiger partial charge >= 0.3 is 0 Å². The molecule has 17 heavy (non-hydrogen) atoms. The Bertz CT molecular complexity index is 271. The Morgan fingerprint density at radius 2 is 1.65 bits per heavy atom. The first kappa shape index (κ1) is 11.7.